The Morgan fingerprint density at radius 3 is 2.35 bits per heavy atom. The summed E-state index contributed by atoms with van der Waals surface area (Å²) in [6, 6.07) is 7.88. The molecule has 2 aliphatic heterocycles. The van der Waals surface area contributed by atoms with Crippen molar-refractivity contribution < 1.29 is 14.3 Å². The van der Waals surface area contributed by atoms with Crippen molar-refractivity contribution in [2.24, 2.45) is 0 Å². The van der Waals surface area contributed by atoms with E-state index in [1.54, 1.807) is 0 Å². The van der Waals surface area contributed by atoms with Crippen LogP contribution < -0.4 is 0 Å². The predicted molar refractivity (Wildman–Crippen MR) is 101 cm³/mol. The van der Waals surface area contributed by atoms with Gasteiger partial charge >= 0.3 is 0 Å². The average Bonchev–Trinajstić information content (AvgIpc) is 2.91. The molecule has 5 nitrogen and oxygen atoms in total. The van der Waals surface area contributed by atoms with Gasteiger partial charge in [-0.3, -0.25) is 14.5 Å². The molecular formula is C21H28N2O3. The number of ether oxygens (including phenoxy) is 1. The Hall–Kier alpha value is -2.14. The first-order valence-corrected chi connectivity index (χ1v) is 9.63. The van der Waals surface area contributed by atoms with Gasteiger partial charge in [-0.05, 0) is 45.1 Å². The molecule has 1 fully saturated rings. The molecule has 0 aliphatic carbocycles. The second-order valence-electron chi connectivity index (χ2n) is 6.95. The highest BCUT2D eigenvalue weighted by atomic mass is 16.5. The molecule has 0 aromatic heterocycles. The molecule has 5 heteroatoms. The van der Waals surface area contributed by atoms with Crippen LogP contribution >= 0.6 is 0 Å². The quantitative estimate of drug-likeness (QED) is 0.557. The van der Waals surface area contributed by atoms with Crippen LogP contribution in [0, 0.1) is 6.92 Å². The fourth-order valence-electron chi connectivity index (χ4n) is 3.63. The largest absolute Gasteiger partial charge is 0.382 e. The highest BCUT2D eigenvalue weighted by Crippen LogP contribution is 2.33. The summed E-state index contributed by atoms with van der Waals surface area (Å²) in [6.07, 6.45) is 3.98. The second-order valence-corrected chi connectivity index (χ2v) is 6.95. The van der Waals surface area contributed by atoms with Crippen LogP contribution in [-0.2, 0) is 14.3 Å². The molecule has 2 heterocycles. The minimum Gasteiger partial charge on any atom is -0.382 e. The van der Waals surface area contributed by atoms with Crippen molar-refractivity contribution in [2.45, 2.75) is 39.5 Å². The van der Waals surface area contributed by atoms with E-state index in [0.717, 1.165) is 37.1 Å². The van der Waals surface area contributed by atoms with Crippen molar-refractivity contribution in [3.05, 3.63) is 41.1 Å². The van der Waals surface area contributed by atoms with E-state index in [9.17, 15) is 9.59 Å². The number of amides is 2. The van der Waals surface area contributed by atoms with E-state index >= 15 is 0 Å². The Morgan fingerprint density at radius 1 is 1.00 bits per heavy atom. The summed E-state index contributed by atoms with van der Waals surface area (Å²) in [5.74, 6) is -0.320. The number of rotatable bonds is 7. The van der Waals surface area contributed by atoms with E-state index in [0.29, 0.717) is 37.4 Å². The second kappa shape index (κ2) is 8.49. The van der Waals surface area contributed by atoms with Crippen molar-refractivity contribution in [3.8, 4) is 0 Å². The zero-order chi connectivity index (χ0) is 18.5. The molecule has 2 amide bonds. The summed E-state index contributed by atoms with van der Waals surface area (Å²) in [5.41, 5.74) is 3.13. The third-order valence-corrected chi connectivity index (χ3v) is 5.03. The number of aryl methyl sites for hydroxylation is 1. The van der Waals surface area contributed by atoms with Crippen LogP contribution in [0.2, 0.25) is 0 Å². The van der Waals surface area contributed by atoms with Gasteiger partial charge in [-0.2, -0.15) is 0 Å². The van der Waals surface area contributed by atoms with Crippen molar-refractivity contribution >= 4 is 17.4 Å². The van der Waals surface area contributed by atoms with Crippen LogP contribution in [0.15, 0.2) is 30.0 Å². The molecule has 26 heavy (non-hydrogen) atoms. The van der Waals surface area contributed by atoms with Gasteiger partial charge in [0.05, 0.1) is 5.57 Å². The third kappa shape index (κ3) is 3.83. The van der Waals surface area contributed by atoms with E-state index in [4.69, 9.17) is 4.74 Å². The Kier molecular flexibility index (Phi) is 6.09. The van der Waals surface area contributed by atoms with Crippen molar-refractivity contribution in [3.63, 3.8) is 0 Å². The van der Waals surface area contributed by atoms with Gasteiger partial charge in [0.1, 0.15) is 5.70 Å². The Morgan fingerprint density at radius 2 is 1.69 bits per heavy atom. The Bertz CT molecular complexity index is 688. The van der Waals surface area contributed by atoms with Gasteiger partial charge in [0, 0.05) is 32.8 Å². The molecule has 0 saturated carbocycles. The number of carbonyl (C=O) groups is 2. The fraction of sp³-hybridized carbons (Fsp3) is 0.524. The van der Waals surface area contributed by atoms with Crippen LogP contribution in [0.5, 0.6) is 0 Å². The Balaban J connectivity index is 1.90. The molecule has 2 aliphatic rings. The minimum absolute atomic E-state index is 0.149. The summed E-state index contributed by atoms with van der Waals surface area (Å²) in [4.78, 5) is 29.7. The van der Waals surface area contributed by atoms with Crippen molar-refractivity contribution in [2.75, 3.05) is 32.8 Å². The van der Waals surface area contributed by atoms with Crippen LogP contribution in [0.3, 0.4) is 0 Å². The predicted octanol–water partition coefficient (Wildman–Crippen LogP) is 2.99. The highest BCUT2D eigenvalue weighted by Gasteiger charge is 2.41. The molecular weight excluding hydrogens is 328 g/mol. The SMILES string of the molecule is CCOCCCN1C(=O)C(c2ccc(C)cc2)=C(N2CCCCC2)C1=O. The van der Waals surface area contributed by atoms with Crippen LogP contribution in [0.25, 0.3) is 5.57 Å². The first kappa shape index (κ1) is 18.6. The average molecular weight is 356 g/mol. The number of hydrogen-bond acceptors (Lipinski definition) is 4. The van der Waals surface area contributed by atoms with E-state index in [1.165, 1.54) is 11.3 Å². The van der Waals surface area contributed by atoms with Gasteiger partial charge in [-0.25, -0.2) is 0 Å². The van der Waals surface area contributed by atoms with E-state index < -0.39 is 0 Å². The summed E-state index contributed by atoms with van der Waals surface area (Å²) in [5, 5.41) is 0. The molecule has 0 spiro atoms. The molecule has 0 unspecified atom stereocenters. The molecule has 140 valence electrons. The monoisotopic (exact) mass is 356 g/mol. The lowest BCUT2D eigenvalue weighted by atomic mass is 10.0. The van der Waals surface area contributed by atoms with Gasteiger partial charge in [0.15, 0.2) is 0 Å². The third-order valence-electron chi connectivity index (χ3n) is 5.03. The molecule has 0 bridgehead atoms. The molecule has 1 aromatic rings. The van der Waals surface area contributed by atoms with E-state index in [2.05, 4.69) is 4.90 Å². The lowest BCUT2D eigenvalue weighted by Gasteiger charge is -2.29. The van der Waals surface area contributed by atoms with Crippen molar-refractivity contribution in [1.82, 2.24) is 9.80 Å². The fourth-order valence-corrected chi connectivity index (χ4v) is 3.63. The van der Waals surface area contributed by atoms with Crippen LogP contribution in [0.1, 0.15) is 43.7 Å². The molecule has 3 rings (SSSR count). The first-order valence-electron chi connectivity index (χ1n) is 9.63. The summed E-state index contributed by atoms with van der Waals surface area (Å²) >= 11 is 0. The number of hydrogen-bond donors (Lipinski definition) is 0. The lowest BCUT2D eigenvalue weighted by molar-refractivity contribution is -0.137. The molecule has 0 radical (unpaired) electrons. The zero-order valence-electron chi connectivity index (χ0n) is 15.8. The smallest absolute Gasteiger partial charge is 0.277 e. The summed E-state index contributed by atoms with van der Waals surface area (Å²) in [7, 11) is 0. The Labute approximate surface area is 155 Å². The standard InChI is InChI=1S/C21H28N2O3/c1-3-26-15-7-14-23-20(24)18(17-10-8-16(2)9-11-17)19(21(23)25)22-12-5-4-6-13-22/h8-11H,3-7,12-15H2,1-2H3. The van der Waals surface area contributed by atoms with Crippen LogP contribution in [-0.4, -0.2) is 54.5 Å². The summed E-state index contributed by atoms with van der Waals surface area (Å²) in [6.45, 7) is 7.26. The van der Waals surface area contributed by atoms with Crippen molar-refractivity contribution in [1.29, 1.82) is 0 Å². The van der Waals surface area contributed by atoms with Gasteiger partial charge in [-0.15, -0.1) is 0 Å². The number of carbonyl (C=O) groups excluding carboxylic acids is 2. The number of likely N-dealkylation sites (tertiary alicyclic amines) is 1. The first-order chi connectivity index (χ1) is 12.6. The lowest BCUT2D eigenvalue weighted by Crippen LogP contribution is -2.37. The maximum absolute atomic E-state index is 13.1. The van der Waals surface area contributed by atoms with Gasteiger partial charge < -0.3 is 9.64 Å². The topological polar surface area (TPSA) is 49.9 Å². The van der Waals surface area contributed by atoms with E-state index in [1.807, 2.05) is 38.1 Å². The number of nitrogens with zero attached hydrogens (tertiary/aromatic N) is 2. The van der Waals surface area contributed by atoms with E-state index in [-0.39, 0.29) is 11.8 Å². The maximum Gasteiger partial charge on any atom is 0.277 e. The van der Waals surface area contributed by atoms with Crippen LogP contribution in [0.4, 0.5) is 0 Å². The number of benzene rings is 1. The number of imide groups is 1. The zero-order valence-corrected chi connectivity index (χ0v) is 15.8. The minimum atomic E-state index is -0.170. The molecule has 0 atom stereocenters. The molecule has 1 aromatic carbocycles. The molecule has 1 saturated heterocycles. The van der Waals surface area contributed by atoms with Gasteiger partial charge in [0.2, 0.25) is 0 Å². The van der Waals surface area contributed by atoms with Gasteiger partial charge in [-0.1, -0.05) is 29.8 Å². The highest BCUT2D eigenvalue weighted by molar-refractivity contribution is 6.35. The molecule has 0 N–H and O–H groups in total. The van der Waals surface area contributed by atoms with Gasteiger partial charge in [0.25, 0.3) is 11.8 Å². The summed E-state index contributed by atoms with van der Waals surface area (Å²) < 4.78 is 5.36. The number of piperidine rings is 1. The normalized spacial score (nSPS) is 18.2. The maximum atomic E-state index is 13.1.